The number of guanidine groups is 1. The molecule has 0 bridgehead atoms. The van der Waals surface area contributed by atoms with Gasteiger partial charge in [0.25, 0.3) is 0 Å². The predicted octanol–water partition coefficient (Wildman–Crippen LogP) is 1.39. The first-order valence-electron chi connectivity index (χ1n) is 7.93. The maximum absolute atomic E-state index is 11.4. The number of sulfonamides is 1. The number of rotatable bonds is 5. The second kappa shape index (κ2) is 8.68. The Morgan fingerprint density at radius 2 is 1.91 bits per heavy atom. The normalized spacial score (nSPS) is 21.2. The van der Waals surface area contributed by atoms with Crippen LogP contribution in [0.2, 0.25) is 0 Å². The molecule has 1 heterocycles. The summed E-state index contributed by atoms with van der Waals surface area (Å²) in [7, 11) is -1.32. The van der Waals surface area contributed by atoms with Crippen LogP contribution in [-0.2, 0) is 10.0 Å². The number of likely N-dealkylation sites (tertiary alicyclic amines) is 1. The summed E-state index contributed by atoms with van der Waals surface area (Å²) in [5, 5.41) is 3.26. The van der Waals surface area contributed by atoms with Crippen LogP contribution in [0.5, 0.6) is 0 Å². The zero-order valence-corrected chi connectivity index (χ0v) is 16.7. The molecule has 1 saturated heterocycles. The Labute approximate surface area is 151 Å². The van der Waals surface area contributed by atoms with E-state index in [9.17, 15) is 8.42 Å². The highest BCUT2D eigenvalue weighted by Gasteiger charge is 2.40. The van der Waals surface area contributed by atoms with Gasteiger partial charge in [-0.25, -0.2) is 13.1 Å². The lowest BCUT2D eigenvalue weighted by molar-refractivity contribution is 0.309. The van der Waals surface area contributed by atoms with Crippen molar-refractivity contribution in [2.24, 2.45) is 10.4 Å². The Balaban J connectivity index is 0.00000242. The molecule has 6 nitrogen and oxygen atoms in total. The molecule has 2 fully saturated rings. The second-order valence-electron chi connectivity index (χ2n) is 6.15. The predicted molar refractivity (Wildman–Crippen MR) is 101 cm³/mol. The van der Waals surface area contributed by atoms with Crippen molar-refractivity contribution in [3.8, 4) is 0 Å². The molecule has 1 aliphatic heterocycles. The largest absolute Gasteiger partial charge is 0.355 e. The van der Waals surface area contributed by atoms with E-state index in [4.69, 9.17) is 0 Å². The van der Waals surface area contributed by atoms with Gasteiger partial charge in [0.1, 0.15) is 0 Å². The highest BCUT2D eigenvalue weighted by atomic mass is 127. The Morgan fingerprint density at radius 3 is 2.50 bits per heavy atom. The molecule has 22 heavy (non-hydrogen) atoms. The van der Waals surface area contributed by atoms with Crippen molar-refractivity contribution in [2.75, 3.05) is 39.0 Å². The van der Waals surface area contributed by atoms with Crippen LogP contribution in [0.4, 0.5) is 0 Å². The van der Waals surface area contributed by atoms with Gasteiger partial charge < -0.3 is 10.2 Å². The summed E-state index contributed by atoms with van der Waals surface area (Å²) >= 11 is 0. The number of halogens is 1. The lowest BCUT2D eigenvalue weighted by Gasteiger charge is -2.25. The molecule has 0 aromatic rings. The fourth-order valence-electron chi connectivity index (χ4n) is 3.46. The van der Waals surface area contributed by atoms with Gasteiger partial charge in [-0.1, -0.05) is 12.8 Å². The van der Waals surface area contributed by atoms with E-state index >= 15 is 0 Å². The summed E-state index contributed by atoms with van der Waals surface area (Å²) in [4.78, 5) is 6.65. The van der Waals surface area contributed by atoms with Crippen molar-refractivity contribution in [2.45, 2.75) is 39.0 Å². The fourth-order valence-corrected chi connectivity index (χ4v) is 4.08. The molecule has 1 aliphatic carbocycles. The number of hydrogen-bond acceptors (Lipinski definition) is 3. The molecular weight excluding hydrogens is 415 g/mol. The van der Waals surface area contributed by atoms with Crippen LogP contribution < -0.4 is 10.0 Å². The van der Waals surface area contributed by atoms with Gasteiger partial charge in [0, 0.05) is 33.2 Å². The van der Waals surface area contributed by atoms with Crippen molar-refractivity contribution in [1.82, 2.24) is 14.9 Å². The Kier molecular flexibility index (Phi) is 7.87. The molecule has 0 aromatic carbocycles. The summed E-state index contributed by atoms with van der Waals surface area (Å²) in [6.45, 7) is 4.75. The van der Waals surface area contributed by atoms with Crippen LogP contribution in [0.1, 0.15) is 39.0 Å². The number of nitrogens with zero attached hydrogens (tertiary/aromatic N) is 2. The molecule has 2 rings (SSSR count). The smallest absolute Gasteiger partial charge is 0.211 e. The number of hydrogen-bond donors (Lipinski definition) is 2. The van der Waals surface area contributed by atoms with Gasteiger partial charge in [0.05, 0.1) is 5.75 Å². The van der Waals surface area contributed by atoms with Crippen LogP contribution in [0.25, 0.3) is 0 Å². The van der Waals surface area contributed by atoms with E-state index in [2.05, 4.69) is 19.9 Å². The average molecular weight is 444 g/mol. The highest BCUT2D eigenvalue weighted by Crippen LogP contribution is 2.45. The molecular formula is C14H29IN4O2S. The summed E-state index contributed by atoms with van der Waals surface area (Å²) < 4.78 is 25.3. The van der Waals surface area contributed by atoms with Gasteiger partial charge in [0.2, 0.25) is 10.0 Å². The van der Waals surface area contributed by atoms with E-state index in [0.717, 1.165) is 19.0 Å². The minimum absolute atomic E-state index is 0. The zero-order chi connectivity index (χ0) is 15.3. The van der Waals surface area contributed by atoms with Crippen LogP contribution in [0.3, 0.4) is 0 Å². The minimum atomic E-state index is -3.10. The maximum atomic E-state index is 11.4. The van der Waals surface area contributed by atoms with Crippen molar-refractivity contribution in [1.29, 1.82) is 0 Å². The van der Waals surface area contributed by atoms with Gasteiger partial charge in [-0.3, -0.25) is 4.99 Å². The molecule has 8 heteroatoms. The zero-order valence-electron chi connectivity index (χ0n) is 13.6. The van der Waals surface area contributed by atoms with Crippen LogP contribution in [-0.4, -0.2) is 58.3 Å². The van der Waals surface area contributed by atoms with E-state index in [1.807, 2.05) is 0 Å². The fraction of sp³-hybridized carbons (Fsp3) is 0.929. The maximum Gasteiger partial charge on any atom is 0.211 e. The standard InChI is InChI=1S/C14H28N4O2S.HI/c1-3-21(19,20)17-10-9-16-13(15-2)18-11-8-14(12-18)6-4-5-7-14;/h17H,3-12H2,1-2H3,(H,15,16);1H. The summed E-state index contributed by atoms with van der Waals surface area (Å²) in [5.74, 6) is 1.02. The lowest BCUT2D eigenvalue weighted by atomic mass is 9.86. The highest BCUT2D eigenvalue weighted by molar-refractivity contribution is 14.0. The summed E-state index contributed by atoms with van der Waals surface area (Å²) in [6, 6.07) is 0. The molecule has 2 N–H and O–H groups in total. The molecule has 0 unspecified atom stereocenters. The van der Waals surface area contributed by atoms with E-state index in [0.29, 0.717) is 18.5 Å². The van der Waals surface area contributed by atoms with Crippen molar-refractivity contribution < 1.29 is 8.42 Å². The molecule has 130 valence electrons. The minimum Gasteiger partial charge on any atom is -0.355 e. The van der Waals surface area contributed by atoms with Crippen molar-refractivity contribution >= 4 is 40.0 Å². The Bertz CT molecular complexity index is 475. The quantitative estimate of drug-likeness (QED) is 0.291. The van der Waals surface area contributed by atoms with E-state index < -0.39 is 10.0 Å². The molecule has 0 amide bonds. The van der Waals surface area contributed by atoms with Gasteiger partial charge >= 0.3 is 0 Å². The summed E-state index contributed by atoms with van der Waals surface area (Å²) in [6.07, 6.45) is 6.67. The van der Waals surface area contributed by atoms with E-state index in [1.165, 1.54) is 32.1 Å². The number of nitrogens with one attached hydrogen (secondary N) is 2. The average Bonchev–Trinajstić information content (AvgIpc) is 3.10. The third kappa shape index (κ3) is 5.23. The summed E-state index contributed by atoms with van der Waals surface area (Å²) in [5.41, 5.74) is 0.515. The molecule has 2 aliphatic rings. The third-order valence-electron chi connectivity index (χ3n) is 4.72. The van der Waals surface area contributed by atoms with Crippen molar-refractivity contribution in [3.63, 3.8) is 0 Å². The topological polar surface area (TPSA) is 73.8 Å². The molecule has 0 radical (unpaired) electrons. The van der Waals surface area contributed by atoms with Crippen LogP contribution in [0, 0.1) is 5.41 Å². The number of aliphatic imine (C=N–C) groups is 1. The van der Waals surface area contributed by atoms with Gasteiger partial charge in [0.15, 0.2) is 5.96 Å². The van der Waals surface area contributed by atoms with Gasteiger partial charge in [-0.2, -0.15) is 0 Å². The second-order valence-corrected chi connectivity index (χ2v) is 8.25. The SMILES string of the molecule is CCS(=O)(=O)NCCNC(=NC)N1CCC2(CCCC2)C1.I. The van der Waals surface area contributed by atoms with Gasteiger partial charge in [-0.05, 0) is 31.6 Å². The monoisotopic (exact) mass is 444 g/mol. The first kappa shape index (κ1) is 20.0. The van der Waals surface area contributed by atoms with Gasteiger partial charge in [-0.15, -0.1) is 24.0 Å². The molecule has 0 aromatic heterocycles. The van der Waals surface area contributed by atoms with Crippen molar-refractivity contribution in [3.05, 3.63) is 0 Å². The van der Waals surface area contributed by atoms with Crippen LogP contribution >= 0.6 is 24.0 Å². The van der Waals surface area contributed by atoms with E-state index in [-0.39, 0.29) is 29.7 Å². The van der Waals surface area contributed by atoms with E-state index in [1.54, 1.807) is 14.0 Å². The molecule has 1 spiro atoms. The molecule has 0 atom stereocenters. The first-order valence-corrected chi connectivity index (χ1v) is 9.58. The first-order chi connectivity index (χ1) is 10.0. The third-order valence-corrected chi connectivity index (χ3v) is 6.13. The Hall–Kier alpha value is -0.0900. The van der Waals surface area contributed by atoms with Crippen LogP contribution in [0.15, 0.2) is 4.99 Å². The lowest BCUT2D eigenvalue weighted by Crippen LogP contribution is -2.44. The molecule has 1 saturated carbocycles. The Morgan fingerprint density at radius 1 is 1.23 bits per heavy atom.